The smallest absolute Gasteiger partial charge is 0.0149 e. The molecule has 56 valence electrons. The van der Waals surface area contributed by atoms with Crippen LogP contribution in [0, 0.1) is 0 Å². The zero-order valence-corrected chi connectivity index (χ0v) is 7.28. The van der Waals surface area contributed by atoms with E-state index >= 15 is 0 Å². The van der Waals surface area contributed by atoms with Gasteiger partial charge in [-0.05, 0) is 26.3 Å². The fourth-order valence-corrected chi connectivity index (χ4v) is 0.616. The number of hydrogen-bond donors (Lipinski definition) is 0. The number of halogens is 1. The quantitative estimate of drug-likeness (QED) is 0.432. The van der Waals surface area contributed by atoms with E-state index in [4.69, 9.17) is 11.6 Å². The van der Waals surface area contributed by atoms with Crippen molar-refractivity contribution < 1.29 is 0 Å². The third-order valence-electron chi connectivity index (χ3n) is 1.06. The molecule has 0 aromatic carbocycles. The van der Waals surface area contributed by atoms with Crippen LogP contribution in [-0.2, 0) is 0 Å². The Hall–Kier alpha value is -0.490. The van der Waals surface area contributed by atoms with Crippen LogP contribution in [0.2, 0.25) is 0 Å². The van der Waals surface area contributed by atoms with E-state index in [-0.39, 0.29) is 0 Å². The summed E-state index contributed by atoms with van der Waals surface area (Å²) >= 11 is 5.61. The van der Waals surface area contributed by atoms with Crippen LogP contribution < -0.4 is 0 Å². The topological polar surface area (TPSA) is 0 Å². The monoisotopic (exact) mass is 156 g/mol. The first kappa shape index (κ1) is 9.51. The maximum Gasteiger partial charge on any atom is 0.0149 e. The minimum atomic E-state index is 0.809. The second-order valence-electron chi connectivity index (χ2n) is 2.26. The second-order valence-corrected chi connectivity index (χ2v) is 2.86. The van der Waals surface area contributed by atoms with Crippen LogP contribution in [-0.4, -0.2) is 0 Å². The molecule has 0 saturated carbocycles. The molecule has 0 atom stereocenters. The Morgan fingerprint density at radius 2 is 2.00 bits per heavy atom. The Morgan fingerprint density at radius 1 is 1.40 bits per heavy atom. The van der Waals surface area contributed by atoms with E-state index in [9.17, 15) is 0 Å². The Balaban J connectivity index is 3.91. The lowest BCUT2D eigenvalue weighted by atomic mass is 10.2. The van der Waals surface area contributed by atoms with Crippen molar-refractivity contribution in [1.82, 2.24) is 0 Å². The highest BCUT2D eigenvalue weighted by Crippen LogP contribution is 2.03. The maximum absolute atomic E-state index is 5.61. The number of rotatable bonds is 3. The molecule has 0 aromatic heterocycles. The third-order valence-corrected chi connectivity index (χ3v) is 1.19. The summed E-state index contributed by atoms with van der Waals surface area (Å²) in [5, 5.41) is 0.809. The number of allylic oxidation sites excluding steroid dienone is 5. The van der Waals surface area contributed by atoms with Gasteiger partial charge in [0, 0.05) is 5.03 Å². The van der Waals surface area contributed by atoms with Crippen LogP contribution in [0.25, 0.3) is 0 Å². The normalized spacial score (nSPS) is 13.5. The largest absolute Gasteiger partial charge is 0.103 e. The molecule has 0 bridgehead atoms. The van der Waals surface area contributed by atoms with Crippen LogP contribution in [0.4, 0.5) is 0 Å². The minimum absolute atomic E-state index is 0.809. The lowest BCUT2D eigenvalue weighted by Gasteiger charge is -1.90. The molecule has 0 spiro atoms. The summed E-state index contributed by atoms with van der Waals surface area (Å²) in [7, 11) is 0. The summed E-state index contributed by atoms with van der Waals surface area (Å²) in [5.41, 5.74) is 1.27. The number of hydrogen-bond acceptors (Lipinski definition) is 0. The summed E-state index contributed by atoms with van der Waals surface area (Å²) in [4.78, 5) is 0. The molecule has 0 N–H and O–H groups in total. The average Bonchev–Trinajstić information content (AvgIpc) is 1.85. The minimum Gasteiger partial charge on any atom is -0.103 e. The Kier molecular flexibility index (Phi) is 5.05. The average molecular weight is 157 g/mol. The standard InChI is InChI=1S/C9H13Cl/c1-4-5-8(2)6-7-9(3)10/h4,6-7H,1,5H2,2-3H3/b8-6-,9-7+. The maximum atomic E-state index is 5.61. The van der Waals surface area contributed by atoms with Crippen LogP contribution in [0.5, 0.6) is 0 Å². The van der Waals surface area contributed by atoms with Crippen molar-refractivity contribution in [3.05, 3.63) is 35.4 Å². The summed E-state index contributed by atoms with van der Waals surface area (Å²) in [5.74, 6) is 0. The Bertz CT molecular complexity index is 160. The van der Waals surface area contributed by atoms with E-state index in [1.165, 1.54) is 5.57 Å². The predicted molar refractivity (Wildman–Crippen MR) is 48.2 cm³/mol. The molecule has 0 unspecified atom stereocenters. The van der Waals surface area contributed by atoms with E-state index in [0.717, 1.165) is 11.5 Å². The molecular weight excluding hydrogens is 144 g/mol. The fraction of sp³-hybridized carbons (Fsp3) is 0.333. The van der Waals surface area contributed by atoms with Crippen molar-refractivity contribution in [2.45, 2.75) is 20.3 Å². The molecule has 0 radical (unpaired) electrons. The van der Waals surface area contributed by atoms with Gasteiger partial charge in [-0.15, -0.1) is 6.58 Å². The van der Waals surface area contributed by atoms with Crippen LogP contribution in [0.15, 0.2) is 35.4 Å². The highest BCUT2D eigenvalue weighted by atomic mass is 35.5. The van der Waals surface area contributed by atoms with Crippen molar-refractivity contribution in [2.75, 3.05) is 0 Å². The molecule has 0 heterocycles. The molecule has 10 heavy (non-hydrogen) atoms. The predicted octanol–water partition coefficient (Wildman–Crippen LogP) is 3.65. The summed E-state index contributed by atoms with van der Waals surface area (Å²) in [6.45, 7) is 7.55. The Labute approximate surface area is 67.9 Å². The van der Waals surface area contributed by atoms with E-state index < -0.39 is 0 Å². The van der Waals surface area contributed by atoms with Gasteiger partial charge >= 0.3 is 0 Å². The van der Waals surface area contributed by atoms with Gasteiger partial charge in [-0.3, -0.25) is 0 Å². The molecule has 0 nitrogen and oxygen atoms in total. The molecule has 0 aliphatic rings. The molecule has 0 aromatic rings. The molecule has 0 amide bonds. The molecule has 0 aliphatic carbocycles. The summed E-state index contributed by atoms with van der Waals surface area (Å²) in [6, 6.07) is 0. The van der Waals surface area contributed by atoms with Crippen molar-refractivity contribution >= 4 is 11.6 Å². The van der Waals surface area contributed by atoms with Crippen molar-refractivity contribution in [3.8, 4) is 0 Å². The summed E-state index contributed by atoms with van der Waals surface area (Å²) < 4.78 is 0. The van der Waals surface area contributed by atoms with Gasteiger partial charge in [0.15, 0.2) is 0 Å². The van der Waals surface area contributed by atoms with Crippen molar-refractivity contribution in [1.29, 1.82) is 0 Å². The molecule has 0 aliphatic heterocycles. The SMILES string of the molecule is C=CC/C(C)=C\C=C(/C)Cl. The summed E-state index contributed by atoms with van der Waals surface area (Å²) in [6.07, 6.45) is 6.70. The Morgan fingerprint density at radius 3 is 2.40 bits per heavy atom. The first-order valence-electron chi connectivity index (χ1n) is 3.27. The third kappa shape index (κ3) is 5.64. The fourth-order valence-electron chi connectivity index (χ4n) is 0.553. The molecule has 1 heteroatoms. The molecule has 0 fully saturated rings. The zero-order valence-electron chi connectivity index (χ0n) is 6.52. The van der Waals surface area contributed by atoms with Gasteiger partial charge in [0.25, 0.3) is 0 Å². The van der Waals surface area contributed by atoms with Gasteiger partial charge < -0.3 is 0 Å². The van der Waals surface area contributed by atoms with Crippen LogP contribution >= 0.6 is 11.6 Å². The molecule has 0 rings (SSSR count). The van der Waals surface area contributed by atoms with Gasteiger partial charge in [0.05, 0.1) is 0 Å². The first-order valence-corrected chi connectivity index (χ1v) is 3.65. The zero-order chi connectivity index (χ0) is 7.98. The van der Waals surface area contributed by atoms with E-state index in [1.54, 1.807) is 0 Å². The lowest BCUT2D eigenvalue weighted by molar-refractivity contribution is 1.22. The van der Waals surface area contributed by atoms with E-state index in [0.29, 0.717) is 0 Å². The van der Waals surface area contributed by atoms with Gasteiger partial charge in [-0.25, -0.2) is 0 Å². The van der Waals surface area contributed by atoms with Gasteiger partial charge in [0.2, 0.25) is 0 Å². The van der Waals surface area contributed by atoms with E-state index in [1.807, 2.05) is 25.2 Å². The lowest BCUT2D eigenvalue weighted by Crippen LogP contribution is -1.69. The highest BCUT2D eigenvalue weighted by molar-refractivity contribution is 6.29. The van der Waals surface area contributed by atoms with Gasteiger partial charge in [-0.2, -0.15) is 0 Å². The van der Waals surface area contributed by atoms with Gasteiger partial charge in [0.1, 0.15) is 0 Å². The molecular formula is C9H13Cl. The van der Waals surface area contributed by atoms with Crippen molar-refractivity contribution in [3.63, 3.8) is 0 Å². The van der Waals surface area contributed by atoms with Crippen molar-refractivity contribution in [2.24, 2.45) is 0 Å². The van der Waals surface area contributed by atoms with Crippen LogP contribution in [0.3, 0.4) is 0 Å². The van der Waals surface area contributed by atoms with Gasteiger partial charge in [-0.1, -0.05) is 29.3 Å². The van der Waals surface area contributed by atoms with E-state index in [2.05, 4.69) is 13.5 Å². The first-order chi connectivity index (χ1) is 4.66. The second kappa shape index (κ2) is 5.31. The highest BCUT2D eigenvalue weighted by Gasteiger charge is 1.81. The van der Waals surface area contributed by atoms with Crippen LogP contribution in [0.1, 0.15) is 20.3 Å². The molecule has 0 saturated heterocycles.